The molecule has 0 bridgehead atoms. The average molecular weight is 341 g/mol. The molecule has 0 aromatic heterocycles. The zero-order valence-electron chi connectivity index (χ0n) is 15.9. The Balaban J connectivity index is 3.71. The van der Waals surface area contributed by atoms with Gasteiger partial charge in [-0.2, -0.15) is 0 Å². The van der Waals surface area contributed by atoms with Crippen LogP contribution in [0.5, 0.6) is 0 Å². The maximum absolute atomic E-state index is 11.1. The quantitative estimate of drug-likeness (QED) is 0.229. The monoisotopic (exact) mass is 340 g/mol. The molecule has 1 atom stereocenters. The predicted octanol–water partition coefficient (Wildman–Crippen LogP) is 5.35. The minimum absolute atomic E-state index is 0.216. The SMILES string of the molecule is CCCCCCCCCCCCC(/C=C/COC(C)=O)OC(C)=O. The summed E-state index contributed by atoms with van der Waals surface area (Å²) in [7, 11) is 0. The van der Waals surface area contributed by atoms with E-state index in [0.29, 0.717) is 0 Å². The smallest absolute Gasteiger partial charge is 0.303 e. The van der Waals surface area contributed by atoms with Crippen LogP contribution in [0.4, 0.5) is 0 Å². The molecule has 1 unspecified atom stereocenters. The highest BCUT2D eigenvalue weighted by Gasteiger charge is 2.07. The van der Waals surface area contributed by atoms with E-state index in [1.54, 1.807) is 6.08 Å². The minimum Gasteiger partial charge on any atom is -0.462 e. The van der Waals surface area contributed by atoms with Crippen molar-refractivity contribution in [1.82, 2.24) is 0 Å². The molecule has 0 N–H and O–H groups in total. The van der Waals surface area contributed by atoms with Crippen LogP contribution >= 0.6 is 0 Å². The lowest BCUT2D eigenvalue weighted by Gasteiger charge is -2.13. The molecule has 0 amide bonds. The molecule has 0 heterocycles. The van der Waals surface area contributed by atoms with Gasteiger partial charge in [0.1, 0.15) is 12.7 Å². The average Bonchev–Trinajstić information content (AvgIpc) is 2.52. The molecule has 0 aromatic carbocycles. The van der Waals surface area contributed by atoms with Gasteiger partial charge < -0.3 is 9.47 Å². The maximum atomic E-state index is 11.1. The van der Waals surface area contributed by atoms with Crippen molar-refractivity contribution in [1.29, 1.82) is 0 Å². The van der Waals surface area contributed by atoms with E-state index in [1.165, 1.54) is 71.6 Å². The third kappa shape index (κ3) is 17.0. The lowest BCUT2D eigenvalue weighted by Crippen LogP contribution is -2.14. The number of rotatable bonds is 15. The fourth-order valence-electron chi connectivity index (χ4n) is 2.61. The summed E-state index contributed by atoms with van der Waals surface area (Å²) in [5.41, 5.74) is 0. The summed E-state index contributed by atoms with van der Waals surface area (Å²) in [6, 6.07) is 0. The summed E-state index contributed by atoms with van der Waals surface area (Å²) >= 11 is 0. The van der Waals surface area contributed by atoms with Crippen molar-refractivity contribution in [3.8, 4) is 0 Å². The summed E-state index contributed by atoms with van der Waals surface area (Å²) in [5.74, 6) is -0.581. The molecule has 0 aliphatic carbocycles. The first kappa shape index (κ1) is 22.7. The Hall–Kier alpha value is -1.32. The summed E-state index contributed by atoms with van der Waals surface area (Å²) in [6.45, 7) is 5.27. The molecule has 24 heavy (non-hydrogen) atoms. The molecule has 0 saturated heterocycles. The number of hydrogen-bond donors (Lipinski definition) is 0. The van der Waals surface area contributed by atoms with Crippen LogP contribution in [0, 0.1) is 0 Å². The second-order valence-electron chi connectivity index (χ2n) is 6.35. The largest absolute Gasteiger partial charge is 0.462 e. The van der Waals surface area contributed by atoms with E-state index in [-0.39, 0.29) is 24.6 Å². The fraction of sp³-hybridized carbons (Fsp3) is 0.800. The minimum atomic E-state index is -0.307. The first-order valence-corrected chi connectivity index (χ1v) is 9.53. The third-order valence-corrected chi connectivity index (χ3v) is 3.89. The first-order chi connectivity index (χ1) is 11.6. The highest BCUT2D eigenvalue weighted by atomic mass is 16.5. The Kier molecular flexibility index (Phi) is 15.6. The van der Waals surface area contributed by atoms with E-state index < -0.39 is 0 Å². The second kappa shape index (κ2) is 16.5. The van der Waals surface area contributed by atoms with Crippen LogP contribution in [-0.2, 0) is 19.1 Å². The lowest BCUT2D eigenvalue weighted by atomic mass is 10.0. The van der Waals surface area contributed by atoms with E-state index >= 15 is 0 Å². The molecule has 0 rings (SSSR count). The van der Waals surface area contributed by atoms with Crippen LogP contribution in [0.25, 0.3) is 0 Å². The zero-order valence-corrected chi connectivity index (χ0v) is 15.9. The third-order valence-electron chi connectivity index (χ3n) is 3.89. The molecule has 4 heteroatoms. The van der Waals surface area contributed by atoms with Crippen molar-refractivity contribution in [2.45, 2.75) is 97.5 Å². The van der Waals surface area contributed by atoms with Gasteiger partial charge in [-0.05, 0) is 25.0 Å². The standard InChI is InChI=1S/C20H36O4/c1-4-5-6-7-8-9-10-11-12-13-15-20(24-19(3)22)16-14-17-23-18(2)21/h14,16,20H,4-13,15,17H2,1-3H3/b16-14+. The van der Waals surface area contributed by atoms with Gasteiger partial charge in [0, 0.05) is 13.8 Å². The molecule has 0 radical (unpaired) electrons. The van der Waals surface area contributed by atoms with E-state index in [2.05, 4.69) is 6.92 Å². The molecule has 0 aliphatic rings. The van der Waals surface area contributed by atoms with E-state index in [9.17, 15) is 9.59 Å². The van der Waals surface area contributed by atoms with Crippen molar-refractivity contribution < 1.29 is 19.1 Å². The van der Waals surface area contributed by atoms with Gasteiger partial charge in [0.25, 0.3) is 0 Å². The number of unbranched alkanes of at least 4 members (excludes halogenated alkanes) is 9. The zero-order chi connectivity index (χ0) is 18.0. The normalized spacial score (nSPS) is 12.3. The number of esters is 2. The number of carbonyl (C=O) groups is 2. The highest BCUT2D eigenvalue weighted by Crippen LogP contribution is 2.13. The van der Waals surface area contributed by atoms with E-state index in [0.717, 1.165) is 12.8 Å². The number of ether oxygens (including phenoxy) is 2. The Morgan fingerprint density at radius 2 is 1.38 bits per heavy atom. The Labute approximate surface area is 148 Å². The van der Waals surface area contributed by atoms with Crippen molar-refractivity contribution in [3.63, 3.8) is 0 Å². The number of hydrogen-bond acceptors (Lipinski definition) is 4. The van der Waals surface area contributed by atoms with Crippen LogP contribution in [0.2, 0.25) is 0 Å². The Morgan fingerprint density at radius 3 is 1.88 bits per heavy atom. The summed E-state index contributed by atoms with van der Waals surface area (Å²) < 4.78 is 10.1. The van der Waals surface area contributed by atoms with Crippen molar-refractivity contribution in [2.75, 3.05) is 6.61 Å². The van der Waals surface area contributed by atoms with Gasteiger partial charge >= 0.3 is 11.9 Å². The van der Waals surface area contributed by atoms with E-state index in [1.807, 2.05) is 6.08 Å². The van der Waals surface area contributed by atoms with Crippen LogP contribution in [0.1, 0.15) is 91.4 Å². The topological polar surface area (TPSA) is 52.6 Å². The molecule has 0 aromatic rings. The molecule has 0 fully saturated rings. The van der Waals surface area contributed by atoms with Crippen molar-refractivity contribution >= 4 is 11.9 Å². The summed E-state index contributed by atoms with van der Waals surface area (Å²) in [5, 5.41) is 0. The lowest BCUT2D eigenvalue weighted by molar-refractivity contribution is -0.144. The molecule has 0 spiro atoms. The summed E-state index contributed by atoms with van der Waals surface area (Å²) in [4.78, 5) is 21.8. The van der Waals surface area contributed by atoms with Gasteiger partial charge in [-0.3, -0.25) is 9.59 Å². The predicted molar refractivity (Wildman–Crippen MR) is 97.8 cm³/mol. The van der Waals surface area contributed by atoms with Crippen molar-refractivity contribution in [2.24, 2.45) is 0 Å². The maximum Gasteiger partial charge on any atom is 0.303 e. The summed E-state index contributed by atoms with van der Waals surface area (Å²) in [6.07, 6.45) is 17.0. The second-order valence-corrected chi connectivity index (χ2v) is 6.35. The molecule has 4 nitrogen and oxygen atoms in total. The van der Waals surface area contributed by atoms with Crippen LogP contribution in [0.15, 0.2) is 12.2 Å². The first-order valence-electron chi connectivity index (χ1n) is 9.53. The molecule has 0 aliphatic heterocycles. The van der Waals surface area contributed by atoms with Gasteiger partial charge in [0.2, 0.25) is 0 Å². The molecule has 140 valence electrons. The van der Waals surface area contributed by atoms with Crippen LogP contribution in [-0.4, -0.2) is 24.6 Å². The fourth-order valence-corrected chi connectivity index (χ4v) is 2.61. The Morgan fingerprint density at radius 1 is 0.833 bits per heavy atom. The van der Waals surface area contributed by atoms with Gasteiger partial charge in [-0.15, -0.1) is 0 Å². The van der Waals surface area contributed by atoms with Crippen LogP contribution < -0.4 is 0 Å². The van der Waals surface area contributed by atoms with Gasteiger partial charge in [-0.25, -0.2) is 0 Å². The van der Waals surface area contributed by atoms with Gasteiger partial charge in [0.15, 0.2) is 0 Å². The molecule has 0 saturated carbocycles. The van der Waals surface area contributed by atoms with E-state index in [4.69, 9.17) is 9.47 Å². The Bertz CT molecular complexity index is 350. The van der Waals surface area contributed by atoms with Crippen molar-refractivity contribution in [3.05, 3.63) is 12.2 Å². The van der Waals surface area contributed by atoms with Gasteiger partial charge in [-0.1, -0.05) is 64.7 Å². The number of carbonyl (C=O) groups excluding carboxylic acids is 2. The van der Waals surface area contributed by atoms with Crippen LogP contribution in [0.3, 0.4) is 0 Å². The highest BCUT2D eigenvalue weighted by molar-refractivity contribution is 5.66. The molecular formula is C20H36O4. The van der Waals surface area contributed by atoms with Gasteiger partial charge in [0.05, 0.1) is 0 Å². The molecular weight excluding hydrogens is 304 g/mol.